The summed E-state index contributed by atoms with van der Waals surface area (Å²) in [5.74, 6) is 0.798. The van der Waals surface area contributed by atoms with Crippen LogP contribution in [0.5, 0.6) is 11.5 Å². The number of ether oxygens (including phenoxy) is 5. The number of rotatable bonds is 7. The first kappa shape index (κ1) is 24.2. The number of likely N-dealkylation sites (tertiary alicyclic amines) is 1. The molecule has 0 spiro atoms. The summed E-state index contributed by atoms with van der Waals surface area (Å²) in [5, 5.41) is 0. The number of aromatic nitrogens is 1. The number of alkyl halides is 3. The predicted molar refractivity (Wildman–Crippen MR) is 112 cm³/mol. The Balaban J connectivity index is 1.42. The lowest BCUT2D eigenvalue weighted by atomic mass is 9.84. The van der Waals surface area contributed by atoms with Crippen LogP contribution < -0.4 is 9.47 Å². The average molecular weight is 482 g/mol. The number of piperidine rings is 1. The molecular weight excluding hydrogens is 457 g/mol. The first-order chi connectivity index (χ1) is 16.2. The molecule has 3 heterocycles. The third kappa shape index (κ3) is 4.96. The number of fused-ring (bicyclic) bond motifs is 1. The Morgan fingerprint density at radius 1 is 1.26 bits per heavy atom. The number of carbonyl (C=O) groups excluding carboxylic acids is 1. The normalized spacial score (nSPS) is 22.4. The fourth-order valence-electron chi connectivity index (χ4n) is 4.31. The van der Waals surface area contributed by atoms with Gasteiger partial charge in [-0.2, -0.15) is 0 Å². The van der Waals surface area contributed by atoms with Gasteiger partial charge in [-0.25, -0.2) is 0 Å². The molecule has 0 bridgehead atoms. The standard InChI is InChI=1S/C23H25F3N2O6/c1-15-12-16(5-6-17(15)31-10-11-33-23(24,25)26)21(29)28-9-7-22(19(13-28)32-14-34-22)20-18(30-2)4-3-8-27-20/h3-6,8,12,19H,7,9-11,13-14H2,1-2H3/t19?,22-/m0/s1. The van der Waals surface area contributed by atoms with E-state index in [0.717, 1.165) is 0 Å². The summed E-state index contributed by atoms with van der Waals surface area (Å²) >= 11 is 0. The van der Waals surface area contributed by atoms with Gasteiger partial charge in [-0.1, -0.05) is 0 Å². The van der Waals surface area contributed by atoms with Crippen molar-refractivity contribution in [3.05, 3.63) is 53.3 Å². The van der Waals surface area contributed by atoms with E-state index < -0.39 is 24.7 Å². The third-order valence-electron chi connectivity index (χ3n) is 5.95. The molecule has 1 amide bonds. The molecular formula is C23H25F3N2O6. The zero-order chi connectivity index (χ0) is 24.3. The van der Waals surface area contributed by atoms with Gasteiger partial charge in [0.05, 0.1) is 20.3 Å². The molecule has 2 fully saturated rings. The van der Waals surface area contributed by atoms with Crippen molar-refractivity contribution >= 4 is 5.91 Å². The van der Waals surface area contributed by atoms with E-state index >= 15 is 0 Å². The van der Waals surface area contributed by atoms with E-state index in [1.807, 2.05) is 6.07 Å². The topological polar surface area (TPSA) is 79.4 Å². The molecule has 1 aromatic heterocycles. The average Bonchev–Trinajstić information content (AvgIpc) is 3.25. The SMILES string of the molecule is COc1cccnc1[C@]12CCN(C(=O)c3ccc(OCCOC(F)(F)F)c(C)c3)CC1OCO2. The number of halogens is 3. The lowest BCUT2D eigenvalue weighted by molar-refractivity contribution is -0.325. The summed E-state index contributed by atoms with van der Waals surface area (Å²) in [6.45, 7) is 1.66. The van der Waals surface area contributed by atoms with Crippen molar-refractivity contribution in [1.82, 2.24) is 9.88 Å². The fourth-order valence-corrected chi connectivity index (χ4v) is 4.31. The van der Waals surface area contributed by atoms with E-state index in [1.54, 1.807) is 49.4 Å². The fraction of sp³-hybridized carbons (Fsp3) is 0.478. The van der Waals surface area contributed by atoms with E-state index in [1.165, 1.54) is 0 Å². The van der Waals surface area contributed by atoms with E-state index in [4.69, 9.17) is 18.9 Å². The highest BCUT2D eigenvalue weighted by molar-refractivity contribution is 5.94. The van der Waals surface area contributed by atoms with Crippen LogP contribution in [0.25, 0.3) is 0 Å². The van der Waals surface area contributed by atoms with Crippen molar-refractivity contribution in [3.63, 3.8) is 0 Å². The van der Waals surface area contributed by atoms with Crippen LogP contribution in [-0.2, 0) is 19.8 Å². The van der Waals surface area contributed by atoms with Crippen LogP contribution in [-0.4, -0.2) is 68.5 Å². The Bertz CT molecular complexity index is 1030. The molecule has 11 heteroatoms. The number of hydrogen-bond donors (Lipinski definition) is 0. The van der Waals surface area contributed by atoms with Crippen LogP contribution in [0.1, 0.15) is 28.0 Å². The summed E-state index contributed by atoms with van der Waals surface area (Å²) in [6, 6.07) is 8.40. The molecule has 2 aliphatic rings. The van der Waals surface area contributed by atoms with Gasteiger partial charge in [0.2, 0.25) is 0 Å². The van der Waals surface area contributed by atoms with Crippen molar-refractivity contribution in [2.75, 3.05) is 40.2 Å². The predicted octanol–water partition coefficient (Wildman–Crippen LogP) is 3.43. The molecule has 0 radical (unpaired) electrons. The highest BCUT2D eigenvalue weighted by Crippen LogP contribution is 2.45. The number of benzene rings is 1. The van der Waals surface area contributed by atoms with Crippen molar-refractivity contribution < 1.29 is 41.7 Å². The van der Waals surface area contributed by atoms with Crippen molar-refractivity contribution in [1.29, 1.82) is 0 Å². The van der Waals surface area contributed by atoms with E-state index in [0.29, 0.717) is 47.8 Å². The third-order valence-corrected chi connectivity index (χ3v) is 5.95. The number of amides is 1. The van der Waals surface area contributed by atoms with E-state index in [9.17, 15) is 18.0 Å². The maximum atomic E-state index is 13.2. The lowest BCUT2D eigenvalue weighted by Gasteiger charge is -2.41. The molecule has 1 unspecified atom stereocenters. The largest absolute Gasteiger partial charge is 0.522 e. The molecule has 2 aromatic rings. The van der Waals surface area contributed by atoms with E-state index in [2.05, 4.69) is 9.72 Å². The molecule has 184 valence electrons. The Hall–Kier alpha value is -2.89. The summed E-state index contributed by atoms with van der Waals surface area (Å²) < 4.78 is 62.6. The molecule has 8 nitrogen and oxygen atoms in total. The number of pyridine rings is 1. The quantitative estimate of drug-likeness (QED) is 0.560. The summed E-state index contributed by atoms with van der Waals surface area (Å²) in [5.41, 5.74) is 0.926. The zero-order valence-corrected chi connectivity index (χ0v) is 18.8. The molecule has 1 aromatic carbocycles. The van der Waals surface area contributed by atoms with Crippen LogP contribution in [0.2, 0.25) is 0 Å². The minimum atomic E-state index is -4.70. The first-order valence-electron chi connectivity index (χ1n) is 10.7. The summed E-state index contributed by atoms with van der Waals surface area (Å²) in [4.78, 5) is 19.4. The molecule has 0 aliphatic carbocycles. The molecule has 0 saturated carbocycles. The van der Waals surface area contributed by atoms with Crippen LogP contribution >= 0.6 is 0 Å². The van der Waals surface area contributed by atoms with Gasteiger partial charge in [-0.15, -0.1) is 13.2 Å². The Morgan fingerprint density at radius 3 is 2.82 bits per heavy atom. The van der Waals surface area contributed by atoms with Gasteiger partial charge in [0.25, 0.3) is 5.91 Å². The molecule has 34 heavy (non-hydrogen) atoms. The maximum absolute atomic E-state index is 13.2. The van der Waals surface area contributed by atoms with Crippen molar-refractivity contribution in [2.45, 2.75) is 31.4 Å². The second-order valence-corrected chi connectivity index (χ2v) is 7.99. The second-order valence-electron chi connectivity index (χ2n) is 7.99. The Labute approximate surface area is 194 Å². The van der Waals surface area contributed by atoms with Gasteiger partial charge in [-0.3, -0.25) is 14.5 Å². The second kappa shape index (κ2) is 9.77. The van der Waals surface area contributed by atoms with Crippen LogP contribution in [0.4, 0.5) is 13.2 Å². The van der Waals surface area contributed by atoms with Crippen LogP contribution in [0.15, 0.2) is 36.5 Å². The van der Waals surface area contributed by atoms with Gasteiger partial charge in [0, 0.05) is 24.7 Å². The number of methoxy groups -OCH3 is 1. The van der Waals surface area contributed by atoms with Gasteiger partial charge in [0.1, 0.15) is 42.3 Å². The van der Waals surface area contributed by atoms with Gasteiger partial charge in [0.15, 0.2) is 0 Å². The Morgan fingerprint density at radius 2 is 2.09 bits per heavy atom. The molecule has 4 rings (SSSR count). The van der Waals surface area contributed by atoms with Crippen LogP contribution in [0, 0.1) is 6.92 Å². The molecule has 2 atom stereocenters. The Kier molecular flexibility index (Phi) is 6.96. The molecule has 2 saturated heterocycles. The number of aryl methyl sites for hydroxylation is 1. The van der Waals surface area contributed by atoms with Crippen molar-refractivity contribution in [3.8, 4) is 11.5 Å². The molecule has 2 aliphatic heterocycles. The van der Waals surface area contributed by atoms with Gasteiger partial charge < -0.3 is 23.8 Å². The number of nitrogens with zero attached hydrogens (tertiary/aromatic N) is 2. The summed E-state index contributed by atoms with van der Waals surface area (Å²) in [7, 11) is 1.57. The van der Waals surface area contributed by atoms with Gasteiger partial charge in [-0.05, 0) is 42.8 Å². The zero-order valence-electron chi connectivity index (χ0n) is 18.8. The monoisotopic (exact) mass is 482 g/mol. The smallest absolute Gasteiger partial charge is 0.495 e. The summed E-state index contributed by atoms with van der Waals surface area (Å²) in [6.07, 6.45) is -2.96. The highest BCUT2D eigenvalue weighted by Gasteiger charge is 2.53. The van der Waals surface area contributed by atoms with Crippen LogP contribution in [0.3, 0.4) is 0 Å². The highest BCUT2D eigenvalue weighted by atomic mass is 19.4. The van der Waals surface area contributed by atoms with E-state index in [-0.39, 0.29) is 19.3 Å². The minimum absolute atomic E-state index is 0.0929. The number of hydrogen-bond acceptors (Lipinski definition) is 7. The minimum Gasteiger partial charge on any atom is -0.495 e. The lowest BCUT2D eigenvalue weighted by Crippen LogP contribution is -2.54. The van der Waals surface area contributed by atoms with Crippen molar-refractivity contribution in [2.24, 2.45) is 0 Å². The maximum Gasteiger partial charge on any atom is 0.522 e. The molecule has 0 N–H and O–H groups in total. The first-order valence-corrected chi connectivity index (χ1v) is 10.7. The number of carbonyl (C=O) groups is 1. The van der Waals surface area contributed by atoms with Gasteiger partial charge >= 0.3 is 6.36 Å².